The summed E-state index contributed by atoms with van der Waals surface area (Å²) >= 11 is 25.5. The Hall–Kier alpha value is -3.48. The number of esters is 1. The Bertz CT molecular complexity index is 2040. The van der Waals surface area contributed by atoms with Crippen LogP contribution in [0.25, 0.3) is 6.08 Å². The molecule has 0 bridgehead atoms. The predicted molar refractivity (Wildman–Crippen MR) is 171 cm³/mol. The molecule has 0 unspecified atom stereocenters. The third-order valence-electron chi connectivity index (χ3n) is 6.72. The second-order valence-electron chi connectivity index (χ2n) is 9.67. The van der Waals surface area contributed by atoms with Gasteiger partial charge in [0.15, 0.2) is 22.0 Å². The number of halogens is 7. The summed E-state index contributed by atoms with van der Waals surface area (Å²) in [5.41, 5.74) is -1.74. The van der Waals surface area contributed by atoms with Gasteiger partial charge >= 0.3 is 12.1 Å². The van der Waals surface area contributed by atoms with Gasteiger partial charge < -0.3 is 14.2 Å². The number of fused-ring (bicyclic) bond motifs is 1. The number of carbonyl (C=O) groups is 1. The van der Waals surface area contributed by atoms with Crippen molar-refractivity contribution < 1.29 is 32.2 Å². The van der Waals surface area contributed by atoms with Crippen LogP contribution in [0, 0.1) is 0 Å². The first-order valence-corrected chi connectivity index (χ1v) is 15.6. The van der Waals surface area contributed by atoms with Gasteiger partial charge in [0.1, 0.15) is 6.61 Å². The summed E-state index contributed by atoms with van der Waals surface area (Å²) in [5, 5.41) is 1.30. The lowest BCUT2D eigenvalue weighted by atomic mass is 9.95. The van der Waals surface area contributed by atoms with Gasteiger partial charge in [-0.25, -0.2) is 9.79 Å². The van der Waals surface area contributed by atoms with Gasteiger partial charge in [0.2, 0.25) is 0 Å². The lowest BCUT2D eigenvalue weighted by Crippen LogP contribution is -2.41. The summed E-state index contributed by atoms with van der Waals surface area (Å²) in [4.78, 5) is 30.3. The molecule has 0 radical (unpaired) electrons. The van der Waals surface area contributed by atoms with E-state index in [1.54, 1.807) is 24.3 Å². The predicted octanol–water partition coefficient (Wildman–Crippen LogP) is 7.54. The van der Waals surface area contributed by atoms with Crippen LogP contribution in [0.5, 0.6) is 11.5 Å². The zero-order chi connectivity index (χ0) is 33.3. The van der Waals surface area contributed by atoms with Crippen LogP contribution >= 0.6 is 57.7 Å². The molecule has 0 amide bonds. The van der Waals surface area contributed by atoms with Crippen LogP contribution < -0.4 is 24.4 Å². The molecule has 1 aliphatic heterocycles. The molecular weight excluding hydrogens is 711 g/mol. The van der Waals surface area contributed by atoms with Gasteiger partial charge in [-0.3, -0.25) is 9.36 Å². The molecule has 0 aliphatic carbocycles. The van der Waals surface area contributed by atoms with Crippen molar-refractivity contribution in [2.24, 2.45) is 4.99 Å². The average molecular weight is 732 g/mol. The van der Waals surface area contributed by atoms with Gasteiger partial charge in [-0.05, 0) is 60.5 Å². The molecule has 1 aromatic heterocycles. The molecular formula is C31H21Cl4F3N2O5S. The molecule has 0 spiro atoms. The molecule has 240 valence electrons. The average Bonchev–Trinajstić information content (AvgIpc) is 3.30. The van der Waals surface area contributed by atoms with Crippen molar-refractivity contribution in [2.45, 2.75) is 25.7 Å². The molecule has 1 atom stereocenters. The smallest absolute Gasteiger partial charge is 0.434 e. The summed E-state index contributed by atoms with van der Waals surface area (Å²) in [6.07, 6.45) is -3.60. The Morgan fingerprint density at radius 3 is 2.35 bits per heavy atom. The Labute approximate surface area is 283 Å². The molecule has 0 saturated carbocycles. The van der Waals surface area contributed by atoms with Gasteiger partial charge in [-0.15, -0.1) is 0 Å². The first kappa shape index (κ1) is 33.9. The van der Waals surface area contributed by atoms with Crippen molar-refractivity contribution in [3.63, 3.8) is 0 Å². The van der Waals surface area contributed by atoms with E-state index >= 15 is 0 Å². The van der Waals surface area contributed by atoms with E-state index in [-0.39, 0.29) is 44.6 Å². The number of allylic oxidation sites excluding steroid dienone is 1. The summed E-state index contributed by atoms with van der Waals surface area (Å²) < 4.78 is 60.4. The number of alkyl halides is 3. The minimum Gasteiger partial charge on any atom is -0.493 e. The molecule has 5 rings (SSSR count). The third kappa shape index (κ3) is 6.94. The lowest BCUT2D eigenvalue weighted by Gasteiger charge is -2.26. The van der Waals surface area contributed by atoms with Crippen molar-refractivity contribution in [1.82, 2.24) is 4.57 Å². The molecule has 0 saturated heterocycles. The van der Waals surface area contributed by atoms with E-state index in [2.05, 4.69) is 4.99 Å². The fraction of sp³-hybridized carbons (Fsp3) is 0.194. The first-order valence-electron chi connectivity index (χ1n) is 13.3. The van der Waals surface area contributed by atoms with E-state index in [1.165, 1.54) is 50.4 Å². The van der Waals surface area contributed by atoms with Crippen molar-refractivity contribution in [1.29, 1.82) is 0 Å². The highest BCUT2D eigenvalue weighted by atomic mass is 35.5. The first-order chi connectivity index (χ1) is 21.8. The van der Waals surface area contributed by atoms with Crippen molar-refractivity contribution >= 4 is 69.8 Å². The number of rotatable bonds is 8. The molecule has 0 fully saturated rings. The quantitative estimate of drug-likeness (QED) is 0.175. The zero-order valence-electron chi connectivity index (χ0n) is 23.8. The molecule has 0 N–H and O–H groups in total. The topological polar surface area (TPSA) is 79.1 Å². The molecule has 7 nitrogen and oxygen atoms in total. The number of benzene rings is 3. The number of thiazole rings is 1. The fourth-order valence-electron chi connectivity index (χ4n) is 4.70. The van der Waals surface area contributed by atoms with Crippen LogP contribution in [-0.4, -0.2) is 30.4 Å². The number of nitrogens with zero attached hydrogens (tertiary/aromatic N) is 2. The van der Waals surface area contributed by atoms with E-state index in [0.717, 1.165) is 4.57 Å². The number of hydrogen-bond acceptors (Lipinski definition) is 7. The standard InChI is InChI=1S/C31H21Cl4F3N2O5S/c1-3-44-29(42)24-25(16-4-7-18(32)8-5-16)40-28(41)23(46-30(40)39-27(24)31(36,37)38)12-15-10-21(35)26(22(11-15)43-2)45-14-17-6-9-19(33)13-20(17)34/h4-13,25H,3,14H2,1-2H3/b23-12-/t25-/m1/s1. The Balaban J connectivity index is 1.63. The minimum absolute atomic E-state index is 0.0177. The zero-order valence-corrected chi connectivity index (χ0v) is 27.6. The Morgan fingerprint density at radius 2 is 1.72 bits per heavy atom. The maximum atomic E-state index is 14.3. The molecule has 2 heterocycles. The highest BCUT2D eigenvalue weighted by Gasteiger charge is 2.45. The van der Waals surface area contributed by atoms with Crippen LogP contribution in [0.2, 0.25) is 20.1 Å². The van der Waals surface area contributed by atoms with Crippen LogP contribution in [-0.2, 0) is 16.1 Å². The van der Waals surface area contributed by atoms with Crippen molar-refractivity contribution in [3.05, 3.63) is 122 Å². The summed E-state index contributed by atoms with van der Waals surface area (Å²) in [6, 6.07) is 12.2. The summed E-state index contributed by atoms with van der Waals surface area (Å²) in [7, 11) is 1.40. The maximum absolute atomic E-state index is 14.3. The number of hydrogen-bond donors (Lipinski definition) is 0. The van der Waals surface area contributed by atoms with Crippen LogP contribution in [0.3, 0.4) is 0 Å². The summed E-state index contributed by atoms with van der Waals surface area (Å²) in [6.45, 7) is 1.31. The van der Waals surface area contributed by atoms with E-state index in [0.29, 0.717) is 37.5 Å². The maximum Gasteiger partial charge on any atom is 0.434 e. The SMILES string of the molecule is CCOC(=O)C1=C(C(F)(F)F)N=c2s/c(=C\c3cc(Cl)c(OCc4ccc(Cl)cc4Cl)c(OC)c3)c(=O)n2[C@@H]1c1ccc(Cl)cc1. The lowest BCUT2D eigenvalue weighted by molar-refractivity contribution is -0.140. The van der Waals surface area contributed by atoms with E-state index in [9.17, 15) is 22.8 Å². The van der Waals surface area contributed by atoms with Gasteiger partial charge in [0, 0.05) is 20.6 Å². The second-order valence-corrected chi connectivity index (χ2v) is 12.4. The number of methoxy groups -OCH3 is 1. The monoisotopic (exact) mass is 730 g/mol. The highest BCUT2D eigenvalue weighted by Crippen LogP contribution is 2.39. The number of carbonyl (C=O) groups excluding carboxylic acids is 1. The largest absolute Gasteiger partial charge is 0.493 e. The van der Waals surface area contributed by atoms with Gasteiger partial charge in [0.25, 0.3) is 5.56 Å². The van der Waals surface area contributed by atoms with E-state index in [4.69, 9.17) is 60.6 Å². The van der Waals surface area contributed by atoms with Gasteiger partial charge in [-0.1, -0.05) is 75.9 Å². The van der Waals surface area contributed by atoms with Crippen LogP contribution in [0.4, 0.5) is 13.2 Å². The molecule has 15 heteroatoms. The van der Waals surface area contributed by atoms with E-state index in [1.807, 2.05) is 0 Å². The third-order valence-corrected chi connectivity index (χ3v) is 8.82. The highest BCUT2D eigenvalue weighted by molar-refractivity contribution is 7.07. The Kier molecular flexibility index (Phi) is 10.1. The fourth-order valence-corrected chi connectivity index (χ4v) is 6.57. The number of ether oxygens (including phenoxy) is 3. The molecule has 1 aliphatic rings. The van der Waals surface area contributed by atoms with Crippen molar-refractivity contribution in [2.75, 3.05) is 13.7 Å². The van der Waals surface area contributed by atoms with Crippen LogP contribution in [0.15, 0.2) is 75.7 Å². The second kappa shape index (κ2) is 13.7. The normalized spacial score (nSPS) is 15.0. The van der Waals surface area contributed by atoms with Gasteiger partial charge in [-0.2, -0.15) is 13.2 Å². The Morgan fingerprint density at radius 1 is 1.02 bits per heavy atom. The number of aromatic nitrogens is 1. The summed E-state index contributed by atoms with van der Waals surface area (Å²) in [5.74, 6) is -0.829. The van der Waals surface area contributed by atoms with Gasteiger partial charge in [0.05, 0.1) is 34.9 Å². The van der Waals surface area contributed by atoms with Crippen LogP contribution in [0.1, 0.15) is 29.7 Å². The van der Waals surface area contributed by atoms with E-state index < -0.39 is 35.0 Å². The molecule has 4 aromatic rings. The molecule has 3 aromatic carbocycles. The molecule has 46 heavy (non-hydrogen) atoms. The van der Waals surface area contributed by atoms with Crippen molar-refractivity contribution in [3.8, 4) is 11.5 Å². The minimum atomic E-state index is -5.03.